The van der Waals surface area contributed by atoms with Crippen molar-refractivity contribution in [3.8, 4) is 0 Å². The molecule has 2 rings (SSSR count). The monoisotopic (exact) mass is 271 g/mol. The molecule has 0 bridgehead atoms. The van der Waals surface area contributed by atoms with E-state index in [1.54, 1.807) is 18.0 Å². The molecule has 0 amide bonds. The maximum atomic E-state index is 12.0. The molecule has 0 radical (unpaired) electrons. The molecule has 3 heteroatoms. The van der Waals surface area contributed by atoms with E-state index >= 15 is 0 Å². The first-order valence-corrected chi connectivity index (χ1v) is 7.46. The van der Waals surface area contributed by atoms with Crippen molar-refractivity contribution in [2.24, 2.45) is 0 Å². The minimum Gasteiger partial charge on any atom is -0.299 e. The van der Waals surface area contributed by atoms with Crippen molar-refractivity contribution in [3.05, 3.63) is 59.4 Å². The van der Waals surface area contributed by atoms with Crippen LogP contribution in [0.5, 0.6) is 0 Å². The van der Waals surface area contributed by atoms with Gasteiger partial charge in [0.15, 0.2) is 0 Å². The molecular weight excluding hydrogens is 254 g/mol. The van der Waals surface area contributed by atoms with Crippen LogP contribution in [0.25, 0.3) is 0 Å². The number of thioether (sulfide) groups is 1. The van der Waals surface area contributed by atoms with Crippen molar-refractivity contribution in [2.75, 3.05) is 6.26 Å². The number of aryl methyl sites for hydroxylation is 1. The van der Waals surface area contributed by atoms with Crippen molar-refractivity contribution in [1.82, 2.24) is 4.98 Å². The SMILES string of the molecule is CSc1ccc(CC(=O)Cc2ccc(C)cn2)cc1. The summed E-state index contributed by atoms with van der Waals surface area (Å²) in [5.41, 5.74) is 3.02. The van der Waals surface area contributed by atoms with Crippen LogP contribution in [0, 0.1) is 6.92 Å². The number of benzene rings is 1. The van der Waals surface area contributed by atoms with Crippen LogP contribution >= 0.6 is 11.8 Å². The Morgan fingerprint density at radius 3 is 2.42 bits per heavy atom. The van der Waals surface area contributed by atoms with E-state index in [0.29, 0.717) is 12.8 Å². The molecule has 0 saturated carbocycles. The lowest BCUT2D eigenvalue weighted by Gasteiger charge is -2.03. The summed E-state index contributed by atoms with van der Waals surface area (Å²) in [6.07, 6.45) is 4.73. The average Bonchev–Trinajstić information content (AvgIpc) is 2.42. The summed E-state index contributed by atoms with van der Waals surface area (Å²) in [6, 6.07) is 12.1. The molecule has 0 N–H and O–H groups in total. The standard InChI is InChI=1S/C16H17NOS/c1-12-3-6-14(17-11-12)10-15(18)9-13-4-7-16(19-2)8-5-13/h3-8,11H,9-10H2,1-2H3. The third-order valence-electron chi connectivity index (χ3n) is 2.91. The van der Waals surface area contributed by atoms with Crippen LogP contribution in [-0.2, 0) is 17.6 Å². The Morgan fingerprint density at radius 1 is 1.11 bits per heavy atom. The summed E-state index contributed by atoms with van der Waals surface area (Å²) in [5.74, 6) is 0.202. The number of pyridine rings is 1. The molecule has 98 valence electrons. The van der Waals surface area contributed by atoms with Gasteiger partial charge in [0.25, 0.3) is 0 Å². The van der Waals surface area contributed by atoms with Crippen LogP contribution < -0.4 is 0 Å². The molecule has 2 aromatic rings. The number of ketones is 1. The van der Waals surface area contributed by atoms with Gasteiger partial charge in [-0.1, -0.05) is 18.2 Å². The lowest BCUT2D eigenvalue weighted by molar-refractivity contribution is -0.117. The summed E-state index contributed by atoms with van der Waals surface area (Å²) >= 11 is 1.71. The molecule has 2 nitrogen and oxygen atoms in total. The zero-order valence-electron chi connectivity index (χ0n) is 11.2. The smallest absolute Gasteiger partial charge is 0.143 e. The van der Waals surface area contributed by atoms with Gasteiger partial charge in [-0.2, -0.15) is 0 Å². The predicted octanol–water partition coefficient (Wildman–Crippen LogP) is 3.47. The van der Waals surface area contributed by atoms with E-state index in [-0.39, 0.29) is 5.78 Å². The molecule has 0 unspecified atom stereocenters. The number of carbonyl (C=O) groups excluding carboxylic acids is 1. The molecule has 0 aliphatic carbocycles. The largest absolute Gasteiger partial charge is 0.299 e. The van der Waals surface area contributed by atoms with Crippen LogP contribution in [0.4, 0.5) is 0 Å². The Balaban J connectivity index is 1.95. The highest BCUT2D eigenvalue weighted by molar-refractivity contribution is 7.98. The molecule has 1 heterocycles. The van der Waals surface area contributed by atoms with Crippen molar-refractivity contribution in [2.45, 2.75) is 24.7 Å². The van der Waals surface area contributed by atoms with E-state index < -0.39 is 0 Å². The van der Waals surface area contributed by atoms with E-state index in [2.05, 4.69) is 17.1 Å². The molecule has 0 aliphatic heterocycles. The van der Waals surface area contributed by atoms with Gasteiger partial charge in [-0.05, 0) is 42.5 Å². The molecule has 0 atom stereocenters. The minimum absolute atomic E-state index is 0.202. The Morgan fingerprint density at radius 2 is 1.84 bits per heavy atom. The van der Waals surface area contributed by atoms with E-state index in [0.717, 1.165) is 16.8 Å². The number of hydrogen-bond acceptors (Lipinski definition) is 3. The normalized spacial score (nSPS) is 10.4. The fraction of sp³-hybridized carbons (Fsp3) is 0.250. The summed E-state index contributed by atoms with van der Waals surface area (Å²) in [7, 11) is 0. The maximum absolute atomic E-state index is 12.0. The second kappa shape index (κ2) is 6.53. The van der Waals surface area contributed by atoms with Gasteiger partial charge >= 0.3 is 0 Å². The fourth-order valence-corrected chi connectivity index (χ4v) is 2.25. The van der Waals surface area contributed by atoms with Gasteiger partial charge in [-0.15, -0.1) is 11.8 Å². The number of rotatable bonds is 5. The molecule has 0 aliphatic rings. The molecule has 1 aromatic carbocycles. The second-order valence-corrected chi connectivity index (χ2v) is 5.45. The second-order valence-electron chi connectivity index (χ2n) is 4.57. The Hall–Kier alpha value is -1.61. The van der Waals surface area contributed by atoms with E-state index in [1.807, 2.05) is 37.4 Å². The molecule has 0 spiro atoms. The zero-order chi connectivity index (χ0) is 13.7. The first kappa shape index (κ1) is 13.8. The maximum Gasteiger partial charge on any atom is 0.143 e. The third kappa shape index (κ3) is 4.21. The average molecular weight is 271 g/mol. The van der Waals surface area contributed by atoms with E-state index in [9.17, 15) is 4.79 Å². The van der Waals surface area contributed by atoms with Gasteiger partial charge in [0.2, 0.25) is 0 Å². The van der Waals surface area contributed by atoms with E-state index in [1.165, 1.54) is 4.90 Å². The van der Waals surface area contributed by atoms with Crippen molar-refractivity contribution >= 4 is 17.5 Å². The zero-order valence-corrected chi connectivity index (χ0v) is 12.0. The van der Waals surface area contributed by atoms with Crippen LogP contribution in [0.15, 0.2) is 47.5 Å². The minimum atomic E-state index is 0.202. The molecule has 0 saturated heterocycles. The first-order valence-electron chi connectivity index (χ1n) is 6.23. The van der Waals surface area contributed by atoms with E-state index in [4.69, 9.17) is 0 Å². The number of hydrogen-bond donors (Lipinski definition) is 0. The molecular formula is C16H17NOS. The quantitative estimate of drug-likeness (QED) is 0.780. The summed E-state index contributed by atoms with van der Waals surface area (Å²) < 4.78 is 0. The van der Waals surface area contributed by atoms with Gasteiger partial charge in [0, 0.05) is 29.6 Å². The van der Waals surface area contributed by atoms with Crippen molar-refractivity contribution < 1.29 is 4.79 Å². The van der Waals surface area contributed by atoms with Crippen molar-refractivity contribution in [3.63, 3.8) is 0 Å². The van der Waals surface area contributed by atoms with Gasteiger partial charge in [0.05, 0.1) is 0 Å². The Bertz CT molecular complexity index is 546. The Labute approximate surface area is 118 Å². The van der Waals surface area contributed by atoms with Crippen LogP contribution in [0.1, 0.15) is 16.8 Å². The van der Waals surface area contributed by atoms with Crippen LogP contribution in [-0.4, -0.2) is 17.0 Å². The molecule has 1 aromatic heterocycles. The summed E-state index contributed by atoms with van der Waals surface area (Å²) in [6.45, 7) is 1.99. The van der Waals surface area contributed by atoms with Crippen LogP contribution in [0.2, 0.25) is 0 Å². The number of Topliss-reactive ketones (excluding diaryl/α,β-unsaturated/α-hetero) is 1. The van der Waals surface area contributed by atoms with Gasteiger partial charge in [-0.3, -0.25) is 9.78 Å². The lowest BCUT2D eigenvalue weighted by Crippen LogP contribution is -2.07. The van der Waals surface area contributed by atoms with Crippen molar-refractivity contribution in [1.29, 1.82) is 0 Å². The fourth-order valence-electron chi connectivity index (χ4n) is 1.84. The lowest BCUT2D eigenvalue weighted by atomic mass is 10.1. The number of nitrogens with zero attached hydrogens (tertiary/aromatic N) is 1. The van der Waals surface area contributed by atoms with Gasteiger partial charge < -0.3 is 0 Å². The summed E-state index contributed by atoms with van der Waals surface area (Å²) in [4.78, 5) is 17.5. The number of carbonyl (C=O) groups is 1. The first-order chi connectivity index (χ1) is 9.17. The Kier molecular flexibility index (Phi) is 4.74. The topological polar surface area (TPSA) is 30.0 Å². The van der Waals surface area contributed by atoms with Gasteiger partial charge in [0.1, 0.15) is 5.78 Å². The third-order valence-corrected chi connectivity index (χ3v) is 3.65. The molecule has 19 heavy (non-hydrogen) atoms. The highest BCUT2D eigenvalue weighted by Gasteiger charge is 2.06. The highest BCUT2D eigenvalue weighted by atomic mass is 32.2. The highest BCUT2D eigenvalue weighted by Crippen LogP contribution is 2.15. The van der Waals surface area contributed by atoms with Gasteiger partial charge in [-0.25, -0.2) is 0 Å². The van der Waals surface area contributed by atoms with Crippen LogP contribution in [0.3, 0.4) is 0 Å². The summed E-state index contributed by atoms with van der Waals surface area (Å²) in [5, 5.41) is 0. The predicted molar refractivity (Wildman–Crippen MR) is 79.6 cm³/mol. The molecule has 0 fully saturated rings. The number of aromatic nitrogens is 1.